The summed E-state index contributed by atoms with van der Waals surface area (Å²) in [7, 11) is -3.03. The van der Waals surface area contributed by atoms with Gasteiger partial charge in [-0.05, 0) is 22.4 Å². The van der Waals surface area contributed by atoms with Gasteiger partial charge in [0.2, 0.25) is 0 Å². The first kappa shape index (κ1) is 14.3. The van der Waals surface area contributed by atoms with Gasteiger partial charge >= 0.3 is 0 Å². The zero-order valence-electron chi connectivity index (χ0n) is 10.2. The lowest BCUT2D eigenvalue weighted by atomic mass is 10.2. The quantitative estimate of drug-likeness (QED) is 0.779. The van der Waals surface area contributed by atoms with Gasteiger partial charge in [-0.3, -0.25) is 4.79 Å². The summed E-state index contributed by atoms with van der Waals surface area (Å²) in [6.45, 7) is 3.93. The standard InChI is InChI=1S/C12H14BrNO4S/c1-2-4-14(10-3-5-19(16,17)8-10)12(15)9-6-11(13)18-7-9/h2,6-7,10H,1,3-5,8H2. The number of halogens is 1. The smallest absolute Gasteiger partial charge is 0.257 e. The van der Waals surface area contributed by atoms with Crippen LogP contribution in [0, 0.1) is 0 Å². The molecule has 7 heteroatoms. The topological polar surface area (TPSA) is 67.6 Å². The van der Waals surface area contributed by atoms with E-state index >= 15 is 0 Å². The summed E-state index contributed by atoms with van der Waals surface area (Å²) in [5.74, 6) is -0.0873. The maximum Gasteiger partial charge on any atom is 0.257 e. The first-order valence-electron chi connectivity index (χ1n) is 5.79. The Labute approximate surface area is 120 Å². The van der Waals surface area contributed by atoms with E-state index in [0.29, 0.717) is 23.2 Å². The van der Waals surface area contributed by atoms with Crippen molar-refractivity contribution in [3.63, 3.8) is 0 Å². The normalized spacial score (nSPS) is 21.2. The molecular formula is C12H14BrNO4S. The summed E-state index contributed by atoms with van der Waals surface area (Å²) in [6.07, 6.45) is 3.42. The van der Waals surface area contributed by atoms with E-state index in [1.54, 1.807) is 12.1 Å². The van der Waals surface area contributed by atoms with Crippen LogP contribution in [-0.4, -0.2) is 43.3 Å². The summed E-state index contributed by atoms with van der Waals surface area (Å²) in [5.41, 5.74) is 0.401. The third-order valence-electron chi connectivity index (χ3n) is 3.05. The lowest BCUT2D eigenvalue weighted by Gasteiger charge is -2.26. The van der Waals surface area contributed by atoms with Crippen LogP contribution in [-0.2, 0) is 9.84 Å². The van der Waals surface area contributed by atoms with Crippen LogP contribution in [0.25, 0.3) is 0 Å². The Morgan fingerprint density at radius 3 is 2.84 bits per heavy atom. The molecule has 1 aromatic rings. The Morgan fingerprint density at radius 2 is 2.37 bits per heavy atom. The number of rotatable bonds is 4. The van der Waals surface area contributed by atoms with Gasteiger partial charge in [0.15, 0.2) is 14.5 Å². The maximum atomic E-state index is 12.3. The summed E-state index contributed by atoms with van der Waals surface area (Å²) >= 11 is 3.14. The van der Waals surface area contributed by atoms with Crippen molar-refractivity contribution in [2.24, 2.45) is 0 Å². The molecule has 1 amide bonds. The molecule has 2 rings (SSSR count). The van der Waals surface area contributed by atoms with Crippen LogP contribution in [0.5, 0.6) is 0 Å². The minimum Gasteiger partial charge on any atom is -0.457 e. The van der Waals surface area contributed by atoms with Crippen molar-refractivity contribution in [3.05, 3.63) is 35.2 Å². The minimum atomic E-state index is -3.03. The molecule has 1 aliphatic rings. The van der Waals surface area contributed by atoms with Crippen LogP contribution >= 0.6 is 15.9 Å². The number of hydrogen-bond acceptors (Lipinski definition) is 4. The SMILES string of the molecule is C=CCN(C(=O)c1coc(Br)c1)C1CCS(=O)(=O)C1. The van der Waals surface area contributed by atoms with E-state index in [1.165, 1.54) is 11.2 Å². The zero-order valence-corrected chi connectivity index (χ0v) is 12.6. The van der Waals surface area contributed by atoms with Gasteiger partial charge in [0.05, 0.1) is 17.1 Å². The van der Waals surface area contributed by atoms with Crippen LogP contribution in [0.3, 0.4) is 0 Å². The van der Waals surface area contributed by atoms with E-state index in [2.05, 4.69) is 22.5 Å². The van der Waals surface area contributed by atoms with Crippen molar-refractivity contribution < 1.29 is 17.6 Å². The van der Waals surface area contributed by atoms with Crippen LogP contribution in [0.4, 0.5) is 0 Å². The number of furan rings is 1. The molecule has 5 nitrogen and oxygen atoms in total. The van der Waals surface area contributed by atoms with Crippen molar-refractivity contribution in [1.82, 2.24) is 4.90 Å². The number of carbonyl (C=O) groups excluding carboxylic acids is 1. The predicted molar refractivity (Wildman–Crippen MR) is 74.7 cm³/mol. The fourth-order valence-electron chi connectivity index (χ4n) is 2.15. The molecule has 0 radical (unpaired) electrons. The monoisotopic (exact) mass is 347 g/mol. The third kappa shape index (κ3) is 3.27. The summed E-state index contributed by atoms with van der Waals surface area (Å²) in [6, 6.07) is 1.28. The molecule has 0 aliphatic carbocycles. The highest BCUT2D eigenvalue weighted by Gasteiger charge is 2.34. The molecule has 0 N–H and O–H groups in total. The van der Waals surface area contributed by atoms with E-state index in [9.17, 15) is 13.2 Å². The fraction of sp³-hybridized carbons (Fsp3) is 0.417. The minimum absolute atomic E-state index is 0.0194. The third-order valence-corrected chi connectivity index (χ3v) is 5.22. The molecule has 0 aromatic carbocycles. The average molecular weight is 348 g/mol. The lowest BCUT2D eigenvalue weighted by molar-refractivity contribution is 0.0720. The molecule has 19 heavy (non-hydrogen) atoms. The number of amides is 1. The molecule has 0 bridgehead atoms. The second kappa shape index (κ2) is 5.50. The Morgan fingerprint density at radius 1 is 1.63 bits per heavy atom. The Hall–Kier alpha value is -1.08. The first-order chi connectivity index (χ1) is 8.93. The fourth-order valence-corrected chi connectivity index (χ4v) is 4.22. The Bertz CT molecular complexity index is 593. The molecule has 1 atom stereocenters. The molecule has 104 valence electrons. The number of carbonyl (C=O) groups is 1. The van der Waals surface area contributed by atoms with Crippen LogP contribution < -0.4 is 0 Å². The van der Waals surface area contributed by atoms with Gasteiger partial charge in [0, 0.05) is 18.7 Å². The summed E-state index contributed by atoms with van der Waals surface area (Å²) in [4.78, 5) is 13.9. The van der Waals surface area contributed by atoms with E-state index < -0.39 is 9.84 Å². The highest BCUT2D eigenvalue weighted by atomic mass is 79.9. The number of hydrogen-bond donors (Lipinski definition) is 0. The van der Waals surface area contributed by atoms with Gasteiger partial charge in [0.1, 0.15) is 6.26 Å². The molecule has 0 saturated carbocycles. The summed E-state index contributed by atoms with van der Waals surface area (Å²) < 4.78 is 28.6. The molecule has 1 fully saturated rings. The van der Waals surface area contributed by atoms with Crippen molar-refractivity contribution in [2.75, 3.05) is 18.1 Å². The second-order valence-electron chi connectivity index (χ2n) is 4.44. The van der Waals surface area contributed by atoms with Gasteiger partial charge in [-0.1, -0.05) is 6.08 Å². The van der Waals surface area contributed by atoms with Gasteiger partial charge in [0.25, 0.3) is 5.91 Å². The van der Waals surface area contributed by atoms with Crippen LogP contribution in [0.2, 0.25) is 0 Å². The van der Waals surface area contributed by atoms with Crippen molar-refractivity contribution in [1.29, 1.82) is 0 Å². The van der Waals surface area contributed by atoms with Crippen molar-refractivity contribution >= 4 is 31.7 Å². The van der Waals surface area contributed by atoms with E-state index in [0.717, 1.165) is 0 Å². The zero-order chi connectivity index (χ0) is 14.0. The highest BCUT2D eigenvalue weighted by molar-refractivity contribution is 9.10. The molecule has 2 heterocycles. The Balaban J connectivity index is 2.21. The summed E-state index contributed by atoms with van der Waals surface area (Å²) in [5, 5.41) is 0. The first-order valence-corrected chi connectivity index (χ1v) is 8.41. The number of sulfone groups is 1. The van der Waals surface area contributed by atoms with Crippen molar-refractivity contribution in [3.8, 4) is 0 Å². The van der Waals surface area contributed by atoms with E-state index in [4.69, 9.17) is 4.42 Å². The Kier molecular flexibility index (Phi) is 4.15. The van der Waals surface area contributed by atoms with Gasteiger partial charge in [-0.15, -0.1) is 6.58 Å². The van der Waals surface area contributed by atoms with Crippen LogP contribution in [0.1, 0.15) is 16.8 Å². The highest BCUT2D eigenvalue weighted by Crippen LogP contribution is 2.22. The molecule has 1 saturated heterocycles. The predicted octanol–water partition coefficient (Wildman–Crippen LogP) is 1.86. The maximum absolute atomic E-state index is 12.3. The van der Waals surface area contributed by atoms with Crippen molar-refractivity contribution in [2.45, 2.75) is 12.5 Å². The van der Waals surface area contributed by atoms with Gasteiger partial charge in [-0.25, -0.2) is 8.42 Å². The number of nitrogens with zero attached hydrogens (tertiary/aromatic N) is 1. The van der Waals surface area contributed by atoms with Crippen LogP contribution in [0.15, 0.2) is 34.1 Å². The molecule has 1 unspecified atom stereocenters. The largest absolute Gasteiger partial charge is 0.457 e. The molecule has 1 aliphatic heterocycles. The molecule has 1 aromatic heterocycles. The van der Waals surface area contributed by atoms with E-state index in [1.807, 2.05) is 0 Å². The molecule has 0 spiro atoms. The average Bonchev–Trinajstić information content (AvgIpc) is 2.91. The van der Waals surface area contributed by atoms with E-state index in [-0.39, 0.29) is 23.5 Å². The van der Waals surface area contributed by atoms with Gasteiger partial charge < -0.3 is 9.32 Å². The van der Waals surface area contributed by atoms with Gasteiger partial charge in [-0.2, -0.15) is 0 Å². The second-order valence-corrected chi connectivity index (χ2v) is 7.45. The molecular weight excluding hydrogens is 334 g/mol. The lowest BCUT2D eigenvalue weighted by Crippen LogP contribution is -2.41.